The third kappa shape index (κ3) is 4.00. The molecular weight excluding hydrogens is 387 g/mol. The monoisotopic (exact) mass is 407 g/mol. The molecule has 2 amide bonds. The molecule has 0 saturated heterocycles. The molecule has 0 radical (unpaired) electrons. The van der Waals surface area contributed by atoms with E-state index in [1.54, 1.807) is 11.9 Å². The maximum absolute atomic E-state index is 12.9. The van der Waals surface area contributed by atoms with Gasteiger partial charge in [-0.1, -0.05) is 0 Å². The molecule has 2 N–H and O–H groups in total. The number of hydrogen-bond acceptors (Lipinski definition) is 7. The Kier molecular flexibility index (Phi) is 5.71. The lowest BCUT2D eigenvalue weighted by molar-refractivity contribution is -0.258. The summed E-state index contributed by atoms with van der Waals surface area (Å²) in [6, 6.07) is 0. The molecule has 0 spiro atoms. The van der Waals surface area contributed by atoms with E-state index in [0.717, 1.165) is 0 Å². The Bertz CT molecular complexity index is 762. The van der Waals surface area contributed by atoms with Gasteiger partial charge in [0.25, 0.3) is 5.91 Å². The molecule has 0 aliphatic carbocycles. The van der Waals surface area contributed by atoms with Crippen LogP contribution in [0.4, 0.5) is 13.2 Å². The van der Waals surface area contributed by atoms with Gasteiger partial charge in [-0.15, -0.1) is 11.3 Å². The normalized spacial score (nSPS) is 16.8. The standard InChI is InChI=1S/C15H20F3N5O3S/c1-14(26,15(16,17)18)13-20-9(6-27-13)5-21(2)12(25)10-11(23(4)8-24)19-7-22(10)3/h6,8,19,26H,5,7H2,1-4H3. The van der Waals surface area contributed by atoms with Crippen LogP contribution >= 0.6 is 11.3 Å². The molecule has 1 unspecified atom stereocenters. The molecule has 0 aromatic carbocycles. The van der Waals surface area contributed by atoms with Gasteiger partial charge in [-0.2, -0.15) is 13.2 Å². The van der Waals surface area contributed by atoms with Crippen LogP contribution in [0.5, 0.6) is 0 Å². The van der Waals surface area contributed by atoms with Gasteiger partial charge in [0.05, 0.1) is 18.9 Å². The minimum atomic E-state index is -4.86. The highest BCUT2D eigenvalue weighted by Gasteiger charge is 2.53. The predicted molar refractivity (Wildman–Crippen MR) is 90.8 cm³/mol. The molecule has 0 saturated carbocycles. The molecule has 1 aromatic rings. The number of nitrogens with one attached hydrogen (secondary N) is 1. The van der Waals surface area contributed by atoms with Crippen LogP contribution in [0, 0.1) is 0 Å². The van der Waals surface area contributed by atoms with Crippen LogP contribution < -0.4 is 5.32 Å². The molecule has 0 bridgehead atoms. The summed E-state index contributed by atoms with van der Waals surface area (Å²) in [5.74, 6) is -0.0911. The maximum Gasteiger partial charge on any atom is 0.423 e. The zero-order valence-electron chi connectivity index (χ0n) is 15.2. The summed E-state index contributed by atoms with van der Waals surface area (Å²) in [4.78, 5) is 31.7. The van der Waals surface area contributed by atoms with Gasteiger partial charge in [0.2, 0.25) is 12.0 Å². The van der Waals surface area contributed by atoms with Gasteiger partial charge in [-0.05, 0) is 6.92 Å². The molecular formula is C15H20F3N5O3S. The van der Waals surface area contributed by atoms with Gasteiger partial charge in [-0.3, -0.25) is 9.59 Å². The van der Waals surface area contributed by atoms with Crippen molar-refractivity contribution in [1.29, 1.82) is 0 Å². The zero-order chi connectivity index (χ0) is 20.6. The van der Waals surface area contributed by atoms with Crippen LogP contribution in [-0.2, 0) is 21.7 Å². The number of carbonyl (C=O) groups excluding carboxylic acids is 2. The zero-order valence-corrected chi connectivity index (χ0v) is 16.0. The van der Waals surface area contributed by atoms with E-state index < -0.39 is 22.7 Å². The Morgan fingerprint density at radius 1 is 1.48 bits per heavy atom. The van der Waals surface area contributed by atoms with E-state index in [1.165, 1.54) is 29.3 Å². The van der Waals surface area contributed by atoms with Gasteiger partial charge in [0.1, 0.15) is 16.5 Å². The number of halogens is 3. The summed E-state index contributed by atoms with van der Waals surface area (Å²) in [6.45, 7) is 0.909. The van der Waals surface area contributed by atoms with E-state index >= 15 is 0 Å². The van der Waals surface area contributed by atoms with Crippen molar-refractivity contribution in [3.05, 3.63) is 27.6 Å². The number of likely N-dealkylation sites (N-methyl/N-ethyl adjacent to an activating group) is 2. The highest BCUT2D eigenvalue weighted by molar-refractivity contribution is 7.09. The first-order valence-electron chi connectivity index (χ1n) is 7.77. The van der Waals surface area contributed by atoms with Gasteiger partial charge >= 0.3 is 6.18 Å². The van der Waals surface area contributed by atoms with E-state index in [4.69, 9.17) is 0 Å². The van der Waals surface area contributed by atoms with Crippen molar-refractivity contribution < 1.29 is 27.9 Å². The van der Waals surface area contributed by atoms with Gasteiger partial charge in [0, 0.05) is 26.5 Å². The van der Waals surface area contributed by atoms with Crippen LogP contribution in [0.25, 0.3) is 0 Å². The Hall–Kier alpha value is -2.34. The molecule has 1 aromatic heterocycles. The fourth-order valence-electron chi connectivity index (χ4n) is 2.37. The van der Waals surface area contributed by atoms with Crippen molar-refractivity contribution in [3.63, 3.8) is 0 Å². The highest BCUT2D eigenvalue weighted by Crippen LogP contribution is 2.39. The minimum Gasteiger partial charge on any atom is -0.375 e. The molecule has 8 nitrogen and oxygen atoms in total. The number of aromatic nitrogens is 1. The Balaban J connectivity index is 2.19. The average Bonchev–Trinajstić information content (AvgIpc) is 3.19. The summed E-state index contributed by atoms with van der Waals surface area (Å²) >= 11 is 0.671. The largest absolute Gasteiger partial charge is 0.423 e. The molecule has 27 heavy (non-hydrogen) atoms. The molecule has 0 fully saturated rings. The number of aliphatic hydroxyl groups is 1. The van der Waals surface area contributed by atoms with Gasteiger partial charge < -0.3 is 25.1 Å². The van der Waals surface area contributed by atoms with Crippen LogP contribution in [0.1, 0.15) is 17.6 Å². The number of amides is 2. The van der Waals surface area contributed by atoms with Gasteiger partial charge in [-0.25, -0.2) is 4.98 Å². The lowest BCUT2D eigenvalue weighted by Crippen LogP contribution is -2.39. The second-order valence-electron chi connectivity index (χ2n) is 6.32. The second-order valence-corrected chi connectivity index (χ2v) is 7.18. The van der Waals surface area contributed by atoms with Crippen molar-refractivity contribution in [2.24, 2.45) is 0 Å². The summed E-state index contributed by atoms with van der Waals surface area (Å²) in [5.41, 5.74) is -2.59. The fraction of sp³-hybridized carbons (Fsp3) is 0.533. The van der Waals surface area contributed by atoms with Crippen molar-refractivity contribution in [1.82, 2.24) is 25.0 Å². The number of carbonyl (C=O) groups is 2. The van der Waals surface area contributed by atoms with Gasteiger partial charge in [0.15, 0.2) is 0 Å². The summed E-state index contributed by atoms with van der Waals surface area (Å²) in [6.07, 6.45) is -4.30. The molecule has 1 atom stereocenters. The number of rotatable bonds is 6. The Labute approximate surface area is 157 Å². The topological polar surface area (TPSA) is 89.0 Å². The molecule has 2 rings (SSSR count). The molecule has 12 heteroatoms. The second kappa shape index (κ2) is 7.35. The van der Waals surface area contributed by atoms with Crippen LogP contribution in [0.15, 0.2) is 16.9 Å². The van der Waals surface area contributed by atoms with Crippen molar-refractivity contribution in [3.8, 4) is 0 Å². The van der Waals surface area contributed by atoms with E-state index in [0.29, 0.717) is 37.2 Å². The highest BCUT2D eigenvalue weighted by atomic mass is 32.1. The van der Waals surface area contributed by atoms with E-state index in [-0.39, 0.29) is 17.9 Å². The lowest BCUT2D eigenvalue weighted by atomic mass is 10.1. The summed E-state index contributed by atoms with van der Waals surface area (Å²) in [7, 11) is 4.63. The summed E-state index contributed by atoms with van der Waals surface area (Å²) in [5, 5.41) is 13.5. The summed E-state index contributed by atoms with van der Waals surface area (Å²) < 4.78 is 38.8. The molecule has 150 valence electrons. The van der Waals surface area contributed by atoms with Crippen LogP contribution in [0.2, 0.25) is 0 Å². The van der Waals surface area contributed by atoms with Crippen molar-refractivity contribution >= 4 is 23.7 Å². The predicted octanol–water partition coefficient (Wildman–Crippen LogP) is 0.621. The van der Waals surface area contributed by atoms with E-state index in [2.05, 4.69) is 10.3 Å². The van der Waals surface area contributed by atoms with E-state index in [1.807, 2.05) is 0 Å². The lowest BCUT2D eigenvalue weighted by Gasteiger charge is -2.24. The van der Waals surface area contributed by atoms with E-state index in [9.17, 15) is 27.9 Å². The molecule has 1 aliphatic heterocycles. The number of alkyl halides is 3. The van der Waals surface area contributed by atoms with Crippen molar-refractivity contribution in [2.45, 2.75) is 25.2 Å². The number of thiazole rings is 1. The Morgan fingerprint density at radius 2 is 2.11 bits per heavy atom. The molecule has 1 aliphatic rings. The number of nitrogens with zero attached hydrogens (tertiary/aromatic N) is 4. The third-order valence-electron chi connectivity index (χ3n) is 4.07. The Morgan fingerprint density at radius 3 is 2.67 bits per heavy atom. The minimum absolute atomic E-state index is 0.0569. The molecule has 2 heterocycles. The first kappa shape index (κ1) is 21.0. The van der Waals surface area contributed by atoms with Crippen LogP contribution in [0.3, 0.4) is 0 Å². The first-order chi connectivity index (χ1) is 12.4. The third-order valence-corrected chi connectivity index (χ3v) is 5.17. The SMILES string of the molecule is CN(C=O)C1=C(C(=O)N(C)Cc2csc(C(C)(O)C(F)(F)F)n2)N(C)CN1. The quantitative estimate of drug-likeness (QED) is 0.673. The maximum atomic E-state index is 12.9. The van der Waals surface area contributed by atoms with Crippen LogP contribution in [-0.4, -0.2) is 71.1 Å². The fourth-order valence-corrected chi connectivity index (χ4v) is 3.26. The van der Waals surface area contributed by atoms with Crippen molar-refractivity contribution in [2.75, 3.05) is 27.8 Å². The smallest absolute Gasteiger partial charge is 0.375 e. The first-order valence-corrected chi connectivity index (χ1v) is 8.65. The number of hydrogen-bond donors (Lipinski definition) is 2. The average molecular weight is 407 g/mol.